The maximum Gasteiger partial charge on any atom is 0.230 e. The average molecular weight is 305 g/mol. The van der Waals surface area contributed by atoms with Gasteiger partial charge in [0, 0.05) is 6.54 Å². The molecule has 1 aliphatic rings. The summed E-state index contributed by atoms with van der Waals surface area (Å²) < 4.78 is 5.18. The van der Waals surface area contributed by atoms with Crippen LogP contribution in [0.3, 0.4) is 0 Å². The molecular weight excluding hydrogens is 278 g/mol. The first kappa shape index (κ1) is 16.8. The quantitative estimate of drug-likeness (QED) is 0.910. The molecule has 1 aromatic rings. The molecule has 0 radical (unpaired) electrons. The number of methoxy groups -OCH3 is 1. The molecule has 1 fully saturated rings. The van der Waals surface area contributed by atoms with E-state index in [1.165, 1.54) is 0 Å². The van der Waals surface area contributed by atoms with Crippen molar-refractivity contribution >= 4 is 5.91 Å². The van der Waals surface area contributed by atoms with Gasteiger partial charge in [0.25, 0.3) is 0 Å². The van der Waals surface area contributed by atoms with Crippen LogP contribution in [0.4, 0.5) is 0 Å². The van der Waals surface area contributed by atoms with Crippen LogP contribution in [0.2, 0.25) is 0 Å². The van der Waals surface area contributed by atoms with Crippen LogP contribution in [0, 0.1) is 0 Å². The minimum absolute atomic E-state index is 0.0905. The van der Waals surface area contributed by atoms with Gasteiger partial charge in [0.1, 0.15) is 5.75 Å². The summed E-state index contributed by atoms with van der Waals surface area (Å²) >= 11 is 0. The van der Waals surface area contributed by atoms with Crippen molar-refractivity contribution in [1.29, 1.82) is 0 Å². The normalized spacial score (nSPS) is 20.0. The molecule has 22 heavy (non-hydrogen) atoms. The van der Waals surface area contributed by atoms with Crippen LogP contribution in [0.15, 0.2) is 24.3 Å². The van der Waals surface area contributed by atoms with Gasteiger partial charge in [-0.3, -0.25) is 4.79 Å². The van der Waals surface area contributed by atoms with E-state index < -0.39 is 5.60 Å². The lowest BCUT2D eigenvalue weighted by Crippen LogP contribution is -2.49. The molecule has 1 amide bonds. The zero-order valence-corrected chi connectivity index (χ0v) is 14.0. The van der Waals surface area contributed by atoms with Crippen LogP contribution >= 0.6 is 0 Å². The molecular formula is C18H27NO3. The Morgan fingerprint density at radius 3 is 2.55 bits per heavy atom. The lowest BCUT2D eigenvalue weighted by molar-refractivity contribution is -0.138. The Morgan fingerprint density at radius 2 is 2.05 bits per heavy atom. The van der Waals surface area contributed by atoms with Crippen molar-refractivity contribution < 1.29 is 14.6 Å². The van der Waals surface area contributed by atoms with Gasteiger partial charge in [-0.05, 0) is 50.8 Å². The van der Waals surface area contributed by atoms with Gasteiger partial charge in [-0.2, -0.15) is 0 Å². The Kier molecular flexibility index (Phi) is 5.12. The Labute approximate surface area is 133 Å². The number of nitrogens with zero attached hydrogens (tertiary/aromatic N) is 1. The number of hydrogen-bond acceptors (Lipinski definition) is 3. The molecule has 1 aliphatic heterocycles. The van der Waals surface area contributed by atoms with Gasteiger partial charge in [-0.15, -0.1) is 0 Å². The maximum absolute atomic E-state index is 13.0. The van der Waals surface area contributed by atoms with Gasteiger partial charge in [0.15, 0.2) is 0 Å². The molecule has 2 unspecified atom stereocenters. The van der Waals surface area contributed by atoms with Crippen molar-refractivity contribution in [3.8, 4) is 5.75 Å². The molecule has 4 nitrogen and oxygen atoms in total. The van der Waals surface area contributed by atoms with Crippen LogP contribution in [0.25, 0.3) is 0 Å². The van der Waals surface area contributed by atoms with E-state index in [1.54, 1.807) is 21.0 Å². The highest BCUT2D eigenvalue weighted by atomic mass is 16.5. The zero-order valence-electron chi connectivity index (χ0n) is 14.0. The third kappa shape index (κ3) is 3.43. The number of benzene rings is 1. The molecule has 122 valence electrons. The summed E-state index contributed by atoms with van der Waals surface area (Å²) in [6.45, 7) is 6.34. The summed E-state index contributed by atoms with van der Waals surface area (Å²) in [5.74, 6) is 0.757. The fourth-order valence-electron chi connectivity index (χ4n) is 3.35. The Hall–Kier alpha value is -1.55. The van der Waals surface area contributed by atoms with Gasteiger partial charge < -0.3 is 14.7 Å². The van der Waals surface area contributed by atoms with Crippen LogP contribution in [-0.4, -0.2) is 41.2 Å². The van der Waals surface area contributed by atoms with Crippen molar-refractivity contribution in [2.45, 2.75) is 57.6 Å². The van der Waals surface area contributed by atoms with E-state index in [2.05, 4.69) is 0 Å². The van der Waals surface area contributed by atoms with Crippen molar-refractivity contribution in [2.75, 3.05) is 13.7 Å². The van der Waals surface area contributed by atoms with E-state index in [-0.39, 0.29) is 17.9 Å². The first-order valence-electron chi connectivity index (χ1n) is 8.05. The number of carbonyl (C=O) groups is 1. The van der Waals surface area contributed by atoms with Crippen LogP contribution in [-0.2, 0) is 4.79 Å². The number of hydrogen-bond donors (Lipinski definition) is 1. The second-order valence-electron chi connectivity index (χ2n) is 6.58. The molecule has 0 bridgehead atoms. The molecule has 0 aliphatic carbocycles. The van der Waals surface area contributed by atoms with Crippen LogP contribution in [0.5, 0.6) is 5.75 Å². The van der Waals surface area contributed by atoms with E-state index in [0.29, 0.717) is 0 Å². The topological polar surface area (TPSA) is 49.8 Å². The second-order valence-corrected chi connectivity index (χ2v) is 6.58. The van der Waals surface area contributed by atoms with E-state index >= 15 is 0 Å². The number of aliphatic hydroxyl groups is 1. The molecule has 1 aromatic carbocycles. The first-order valence-corrected chi connectivity index (χ1v) is 8.05. The standard InChI is InChI=1S/C18H27NO3/c1-5-15(13-8-10-14(22-4)11-9-13)17(20)19-12-6-7-16(19)18(2,3)21/h8-11,15-16,21H,5-7,12H2,1-4H3. The summed E-state index contributed by atoms with van der Waals surface area (Å²) in [7, 11) is 1.63. The van der Waals surface area contributed by atoms with E-state index in [1.807, 2.05) is 36.1 Å². The number of carbonyl (C=O) groups excluding carboxylic acids is 1. The van der Waals surface area contributed by atoms with Crippen molar-refractivity contribution in [1.82, 2.24) is 4.90 Å². The van der Waals surface area contributed by atoms with Crippen LogP contribution in [0.1, 0.15) is 51.5 Å². The SMILES string of the molecule is CCC(C(=O)N1CCCC1C(C)(C)O)c1ccc(OC)cc1. The summed E-state index contributed by atoms with van der Waals surface area (Å²) in [4.78, 5) is 14.8. The van der Waals surface area contributed by atoms with Gasteiger partial charge in [-0.1, -0.05) is 19.1 Å². The molecule has 0 aromatic heterocycles. The Balaban J connectivity index is 2.20. The summed E-state index contributed by atoms with van der Waals surface area (Å²) in [5, 5.41) is 10.3. The Morgan fingerprint density at radius 1 is 1.41 bits per heavy atom. The molecule has 1 saturated heterocycles. The lowest BCUT2D eigenvalue weighted by Gasteiger charge is -2.35. The smallest absolute Gasteiger partial charge is 0.230 e. The second kappa shape index (κ2) is 6.69. The molecule has 0 spiro atoms. The minimum Gasteiger partial charge on any atom is -0.497 e. The fourth-order valence-corrected chi connectivity index (χ4v) is 3.35. The number of amides is 1. The fraction of sp³-hybridized carbons (Fsp3) is 0.611. The van der Waals surface area contributed by atoms with Crippen molar-refractivity contribution in [3.05, 3.63) is 29.8 Å². The average Bonchev–Trinajstić information content (AvgIpc) is 2.98. The predicted octanol–water partition coefficient (Wildman–Crippen LogP) is 2.95. The number of likely N-dealkylation sites (tertiary alicyclic amines) is 1. The Bertz CT molecular complexity index is 504. The van der Waals surface area contributed by atoms with Crippen LogP contribution < -0.4 is 4.74 Å². The maximum atomic E-state index is 13.0. The molecule has 4 heteroatoms. The molecule has 2 rings (SSSR count). The summed E-state index contributed by atoms with van der Waals surface area (Å²) in [5.41, 5.74) is 0.152. The highest BCUT2D eigenvalue weighted by Gasteiger charge is 2.40. The van der Waals surface area contributed by atoms with E-state index in [9.17, 15) is 9.90 Å². The van der Waals surface area contributed by atoms with E-state index in [4.69, 9.17) is 4.74 Å². The number of rotatable bonds is 5. The molecule has 1 heterocycles. The van der Waals surface area contributed by atoms with Crippen molar-refractivity contribution in [2.24, 2.45) is 0 Å². The molecule has 2 atom stereocenters. The predicted molar refractivity (Wildman–Crippen MR) is 87.1 cm³/mol. The van der Waals surface area contributed by atoms with Gasteiger partial charge in [0.05, 0.1) is 24.7 Å². The third-order valence-corrected chi connectivity index (χ3v) is 4.58. The largest absolute Gasteiger partial charge is 0.497 e. The molecule has 1 N–H and O–H groups in total. The zero-order chi connectivity index (χ0) is 16.3. The van der Waals surface area contributed by atoms with Crippen molar-refractivity contribution in [3.63, 3.8) is 0 Å². The van der Waals surface area contributed by atoms with E-state index in [0.717, 1.165) is 37.1 Å². The van der Waals surface area contributed by atoms with Gasteiger partial charge in [-0.25, -0.2) is 0 Å². The minimum atomic E-state index is -0.857. The van der Waals surface area contributed by atoms with Gasteiger partial charge in [0.2, 0.25) is 5.91 Å². The number of ether oxygens (including phenoxy) is 1. The monoisotopic (exact) mass is 305 g/mol. The summed E-state index contributed by atoms with van der Waals surface area (Å²) in [6, 6.07) is 7.61. The third-order valence-electron chi connectivity index (χ3n) is 4.58. The lowest BCUT2D eigenvalue weighted by atomic mass is 9.92. The molecule has 0 saturated carbocycles. The highest BCUT2D eigenvalue weighted by Crippen LogP contribution is 2.32. The first-order chi connectivity index (χ1) is 10.4. The van der Waals surface area contributed by atoms with Gasteiger partial charge >= 0.3 is 0 Å². The summed E-state index contributed by atoms with van der Waals surface area (Å²) in [6.07, 6.45) is 2.58. The highest BCUT2D eigenvalue weighted by molar-refractivity contribution is 5.84.